The Morgan fingerprint density at radius 1 is 0.940 bits per heavy atom. The number of hydrogen-bond donors (Lipinski definition) is 1. The van der Waals surface area contributed by atoms with Crippen LogP contribution in [0.5, 0.6) is 0 Å². The number of nitrogens with zero attached hydrogens (tertiary/aromatic N) is 1. The van der Waals surface area contributed by atoms with Crippen molar-refractivity contribution >= 4 is 24.0 Å². The molecule has 1 aromatic carbocycles. The lowest BCUT2D eigenvalue weighted by molar-refractivity contribution is -0.253. The van der Waals surface area contributed by atoms with E-state index in [2.05, 4.69) is 46.0 Å². The minimum Gasteiger partial charge on any atom is -0.446 e. The highest BCUT2D eigenvalue weighted by Gasteiger charge is 2.65. The minimum absolute atomic E-state index is 0.00125. The van der Waals surface area contributed by atoms with E-state index in [1.165, 1.54) is 12.0 Å². The first kappa shape index (κ1) is 36.5. The number of carbonyl (C=O) groups is 3. The molecule has 0 aromatic heterocycles. The van der Waals surface area contributed by atoms with E-state index in [0.29, 0.717) is 37.7 Å². The predicted molar refractivity (Wildman–Crippen MR) is 186 cm³/mol. The molecule has 0 spiro atoms. The zero-order valence-electron chi connectivity index (χ0n) is 30.9. The highest BCUT2D eigenvalue weighted by Crippen LogP contribution is 2.68. The van der Waals surface area contributed by atoms with Crippen LogP contribution < -0.4 is 5.32 Å². The fourth-order valence-corrected chi connectivity index (χ4v) is 10.3. The predicted octanol–water partition coefficient (Wildman–Crippen LogP) is 7.66. The molecule has 11 heteroatoms. The first-order chi connectivity index (χ1) is 23.7. The molecule has 1 heterocycles. The molecule has 4 unspecified atom stereocenters. The molecule has 3 saturated carbocycles. The van der Waals surface area contributed by atoms with Gasteiger partial charge in [0.2, 0.25) is 0 Å². The van der Waals surface area contributed by atoms with Crippen molar-refractivity contribution in [2.75, 3.05) is 39.7 Å². The monoisotopic (exact) mass is 696 g/mol. The minimum atomic E-state index is -0.725. The number of nitrogens with one attached hydrogen (secondary N) is 1. The molecule has 4 fully saturated rings. The maximum atomic E-state index is 13.2. The molecule has 5 aliphatic rings. The third kappa shape index (κ3) is 6.84. The van der Waals surface area contributed by atoms with Crippen LogP contribution in [-0.4, -0.2) is 82.3 Å². The van der Waals surface area contributed by atoms with Gasteiger partial charge in [0.1, 0.15) is 18.3 Å². The number of methoxy groups -OCH3 is 1. The molecule has 276 valence electrons. The number of fused-ring (bicyclic) bond motifs is 5. The molecule has 1 N–H and O–H groups in total. The number of carbonyl (C=O) groups excluding carboxylic acids is 3. The Kier molecular flexibility index (Phi) is 10.2. The second-order valence-electron chi connectivity index (χ2n) is 16.8. The van der Waals surface area contributed by atoms with Crippen molar-refractivity contribution in [1.29, 1.82) is 0 Å². The summed E-state index contributed by atoms with van der Waals surface area (Å²) < 4.78 is 36.1. The van der Waals surface area contributed by atoms with Gasteiger partial charge in [0.05, 0.1) is 20.3 Å². The van der Waals surface area contributed by atoms with Crippen LogP contribution in [0, 0.1) is 45.8 Å². The van der Waals surface area contributed by atoms with Crippen LogP contribution in [0.25, 0.3) is 0 Å². The summed E-state index contributed by atoms with van der Waals surface area (Å²) in [5.74, 6) is 0.836. The lowest BCUT2D eigenvalue weighted by atomic mass is 9.45. The van der Waals surface area contributed by atoms with Crippen molar-refractivity contribution < 1.29 is 42.8 Å². The van der Waals surface area contributed by atoms with Gasteiger partial charge in [-0.3, -0.25) is 5.32 Å². The van der Waals surface area contributed by atoms with Gasteiger partial charge in [0.15, 0.2) is 6.29 Å². The Bertz CT molecular complexity index is 1440. The topological polar surface area (TPSA) is 122 Å². The number of rotatable bonds is 6. The molecular formula is C39H56N2O9. The smallest absolute Gasteiger partial charge is 0.446 e. The fraction of sp³-hybridized carbons (Fsp3) is 0.718. The van der Waals surface area contributed by atoms with E-state index in [4.69, 9.17) is 28.4 Å². The largest absolute Gasteiger partial charge is 0.508 e. The van der Waals surface area contributed by atoms with Crippen LogP contribution in [0.2, 0.25) is 0 Å². The molecule has 1 aromatic rings. The lowest BCUT2D eigenvalue weighted by Crippen LogP contribution is -2.60. The molecule has 10 atom stereocenters. The summed E-state index contributed by atoms with van der Waals surface area (Å²) in [6.45, 7) is 12.5. The maximum absolute atomic E-state index is 13.2. The van der Waals surface area contributed by atoms with Crippen LogP contribution in [0.3, 0.4) is 0 Å². The molecule has 4 aliphatic carbocycles. The number of amides is 2. The second-order valence-corrected chi connectivity index (χ2v) is 16.8. The van der Waals surface area contributed by atoms with E-state index in [1.54, 1.807) is 26.2 Å². The van der Waals surface area contributed by atoms with Gasteiger partial charge in [-0.15, -0.1) is 0 Å². The van der Waals surface area contributed by atoms with Crippen LogP contribution >= 0.6 is 0 Å². The van der Waals surface area contributed by atoms with Gasteiger partial charge in [-0.25, -0.2) is 14.4 Å². The number of anilines is 1. The van der Waals surface area contributed by atoms with E-state index in [9.17, 15) is 14.4 Å². The van der Waals surface area contributed by atoms with Gasteiger partial charge in [-0.1, -0.05) is 58.4 Å². The zero-order chi connectivity index (χ0) is 36.0. The molecule has 0 radical (unpaired) electrons. The summed E-state index contributed by atoms with van der Waals surface area (Å²) in [4.78, 5) is 40.5. The summed E-state index contributed by atoms with van der Waals surface area (Å²) in [5.41, 5.74) is 1.00. The standard InChI is InChI=1S/C39H56N2O9/c1-23(33-46-21-37(2,3)22-47-33)27-14-15-28-32-29(16-17-38(27,28)4)39(5)24(19-30(32)49-36(44)45-8)18-26(20-31(39)50-35(43)41(6)7)48-34(42)40-25-12-10-9-11-13-25/h9-13,19,23,26-33H,14-18,20-22H2,1-8H3,(H,40,42)/t23?,26?,27-,28+,29+,30?,31?,32+,38-,39+/m1/s1. The summed E-state index contributed by atoms with van der Waals surface area (Å²) in [6.07, 6.45) is 3.05. The van der Waals surface area contributed by atoms with Crippen molar-refractivity contribution in [2.24, 2.45) is 45.8 Å². The number of hydrogen-bond acceptors (Lipinski definition) is 9. The lowest BCUT2D eigenvalue weighted by Gasteiger charge is -2.61. The molecular weight excluding hydrogens is 640 g/mol. The molecule has 1 aliphatic heterocycles. The zero-order valence-corrected chi connectivity index (χ0v) is 30.9. The SMILES string of the molecule is COC(=O)OC1C=C2CC(OC(=O)Nc3ccccc3)CC(OC(=O)N(C)C)[C@]2(C)[C@H]2CC[C@]3(C)[C@@H](C(C)C4OCC(C)(C)CO4)CC[C@H]3[C@H]12. The average Bonchev–Trinajstić information content (AvgIpc) is 3.42. The molecule has 2 amide bonds. The summed E-state index contributed by atoms with van der Waals surface area (Å²) >= 11 is 0. The normalized spacial score (nSPS) is 36.7. The second kappa shape index (κ2) is 14.0. The Hall–Kier alpha value is -3.31. The van der Waals surface area contributed by atoms with Crippen molar-refractivity contribution in [1.82, 2.24) is 4.90 Å². The number of benzene rings is 1. The first-order valence-electron chi connectivity index (χ1n) is 18.3. The maximum Gasteiger partial charge on any atom is 0.508 e. The van der Waals surface area contributed by atoms with Gasteiger partial charge in [0, 0.05) is 55.3 Å². The highest BCUT2D eigenvalue weighted by molar-refractivity contribution is 5.84. The Labute approximate surface area is 296 Å². The average molecular weight is 697 g/mol. The Morgan fingerprint density at radius 2 is 1.64 bits per heavy atom. The molecule has 0 bridgehead atoms. The van der Waals surface area contributed by atoms with Gasteiger partial charge >= 0.3 is 18.3 Å². The first-order valence-corrected chi connectivity index (χ1v) is 18.3. The summed E-state index contributed by atoms with van der Waals surface area (Å²) in [5, 5.41) is 2.80. The Morgan fingerprint density at radius 3 is 2.30 bits per heavy atom. The molecule has 11 nitrogen and oxygen atoms in total. The van der Waals surface area contributed by atoms with Crippen molar-refractivity contribution in [3.8, 4) is 0 Å². The third-order valence-electron chi connectivity index (χ3n) is 12.8. The van der Waals surface area contributed by atoms with Crippen LogP contribution in [0.4, 0.5) is 20.1 Å². The number of para-hydroxylation sites is 1. The quantitative estimate of drug-likeness (QED) is 0.182. The molecule has 50 heavy (non-hydrogen) atoms. The van der Waals surface area contributed by atoms with Crippen molar-refractivity contribution in [2.45, 2.75) is 97.7 Å². The molecule has 6 rings (SSSR count). The van der Waals surface area contributed by atoms with Gasteiger partial charge in [-0.2, -0.15) is 0 Å². The van der Waals surface area contributed by atoms with Gasteiger partial charge in [0.25, 0.3) is 0 Å². The van der Waals surface area contributed by atoms with Gasteiger partial charge in [-0.05, 0) is 67.1 Å². The van der Waals surface area contributed by atoms with Crippen molar-refractivity contribution in [3.05, 3.63) is 42.0 Å². The van der Waals surface area contributed by atoms with Gasteiger partial charge < -0.3 is 33.3 Å². The van der Waals surface area contributed by atoms with E-state index in [0.717, 1.165) is 31.3 Å². The third-order valence-corrected chi connectivity index (χ3v) is 12.8. The van der Waals surface area contributed by atoms with E-state index in [-0.39, 0.29) is 40.8 Å². The highest BCUT2D eigenvalue weighted by atomic mass is 16.7. The van der Waals surface area contributed by atoms with Crippen LogP contribution in [-0.2, 0) is 28.4 Å². The van der Waals surface area contributed by atoms with Crippen LogP contribution in [0.15, 0.2) is 42.0 Å². The molecule has 1 saturated heterocycles. The van der Waals surface area contributed by atoms with E-state index in [1.807, 2.05) is 18.2 Å². The van der Waals surface area contributed by atoms with Crippen molar-refractivity contribution in [3.63, 3.8) is 0 Å². The van der Waals surface area contributed by atoms with E-state index >= 15 is 0 Å². The Balaban J connectivity index is 1.31. The fourth-order valence-electron chi connectivity index (χ4n) is 10.3. The summed E-state index contributed by atoms with van der Waals surface area (Å²) in [7, 11) is 4.67. The number of ether oxygens (including phenoxy) is 6. The van der Waals surface area contributed by atoms with E-state index < -0.39 is 42.1 Å². The van der Waals surface area contributed by atoms with Crippen LogP contribution in [0.1, 0.15) is 73.1 Å². The summed E-state index contributed by atoms with van der Waals surface area (Å²) in [6, 6.07) is 9.13.